The first kappa shape index (κ1) is 14.8. The van der Waals surface area contributed by atoms with Gasteiger partial charge in [0.15, 0.2) is 0 Å². The predicted octanol–water partition coefficient (Wildman–Crippen LogP) is 1.92. The summed E-state index contributed by atoms with van der Waals surface area (Å²) < 4.78 is 5.56. The zero-order valence-corrected chi connectivity index (χ0v) is 12.1. The lowest BCUT2D eigenvalue weighted by atomic mass is 9.92. The van der Waals surface area contributed by atoms with Gasteiger partial charge in [0.1, 0.15) is 0 Å². The second kappa shape index (κ2) is 7.25. The van der Waals surface area contributed by atoms with E-state index < -0.39 is 0 Å². The minimum absolute atomic E-state index is 0.0692. The Morgan fingerprint density at radius 1 is 1.26 bits per heavy atom. The van der Waals surface area contributed by atoms with Gasteiger partial charge in [0.25, 0.3) is 0 Å². The van der Waals surface area contributed by atoms with Crippen molar-refractivity contribution in [2.45, 2.75) is 64.0 Å². The van der Waals surface area contributed by atoms with E-state index in [0.717, 1.165) is 38.8 Å². The molecule has 4 heteroatoms. The summed E-state index contributed by atoms with van der Waals surface area (Å²) in [5, 5.41) is 0. The number of hydrogen-bond donors (Lipinski definition) is 1. The van der Waals surface area contributed by atoms with E-state index in [9.17, 15) is 4.79 Å². The summed E-state index contributed by atoms with van der Waals surface area (Å²) in [6, 6.07) is 0.445. The molecule has 110 valence electrons. The maximum Gasteiger partial charge on any atom is 0.228 e. The molecule has 1 amide bonds. The van der Waals surface area contributed by atoms with Crippen LogP contribution in [0.4, 0.5) is 0 Å². The molecule has 2 aliphatic rings. The topological polar surface area (TPSA) is 55.6 Å². The van der Waals surface area contributed by atoms with E-state index >= 15 is 0 Å². The van der Waals surface area contributed by atoms with Gasteiger partial charge in [0, 0.05) is 19.2 Å². The van der Waals surface area contributed by atoms with Crippen LogP contribution in [0.3, 0.4) is 0 Å². The molecular weight excluding hydrogens is 240 g/mol. The van der Waals surface area contributed by atoms with E-state index in [-0.39, 0.29) is 12.0 Å². The van der Waals surface area contributed by atoms with Gasteiger partial charge in [-0.15, -0.1) is 0 Å². The number of nitrogens with two attached hydrogens (primary N) is 1. The highest BCUT2D eigenvalue weighted by Gasteiger charge is 2.36. The van der Waals surface area contributed by atoms with Crippen molar-refractivity contribution in [3.8, 4) is 0 Å². The van der Waals surface area contributed by atoms with Crippen molar-refractivity contribution in [2.75, 3.05) is 19.7 Å². The van der Waals surface area contributed by atoms with Crippen LogP contribution in [0.5, 0.6) is 0 Å². The molecule has 1 saturated carbocycles. The predicted molar refractivity (Wildman–Crippen MR) is 75.8 cm³/mol. The molecule has 0 bridgehead atoms. The molecule has 1 saturated heterocycles. The quantitative estimate of drug-likeness (QED) is 0.829. The summed E-state index contributed by atoms with van der Waals surface area (Å²) in [4.78, 5) is 14.9. The van der Waals surface area contributed by atoms with Crippen LogP contribution < -0.4 is 5.73 Å². The highest BCUT2D eigenvalue weighted by molar-refractivity contribution is 5.80. The first-order valence-electron chi connectivity index (χ1n) is 7.86. The van der Waals surface area contributed by atoms with E-state index in [4.69, 9.17) is 10.5 Å². The first-order valence-corrected chi connectivity index (χ1v) is 7.86. The fraction of sp³-hybridized carbons (Fsp3) is 0.933. The smallest absolute Gasteiger partial charge is 0.228 e. The molecule has 1 aliphatic heterocycles. The standard InChI is InChI=1S/C15H28N2O2/c1-12-14(8-11-19-12)15(18)17(10-5-9-16)13-6-3-2-4-7-13/h12-14H,2-11,16H2,1H3. The fourth-order valence-corrected chi connectivity index (χ4v) is 3.40. The van der Waals surface area contributed by atoms with Crippen LogP contribution in [0.1, 0.15) is 51.9 Å². The lowest BCUT2D eigenvalue weighted by Gasteiger charge is -2.36. The summed E-state index contributed by atoms with van der Waals surface area (Å²) in [5.74, 6) is 0.380. The van der Waals surface area contributed by atoms with Crippen LogP contribution in [-0.2, 0) is 9.53 Å². The van der Waals surface area contributed by atoms with Gasteiger partial charge in [-0.25, -0.2) is 0 Å². The van der Waals surface area contributed by atoms with Gasteiger partial charge >= 0.3 is 0 Å². The van der Waals surface area contributed by atoms with Gasteiger partial charge in [-0.1, -0.05) is 19.3 Å². The van der Waals surface area contributed by atoms with Gasteiger partial charge in [-0.2, -0.15) is 0 Å². The third-order valence-corrected chi connectivity index (χ3v) is 4.60. The Morgan fingerprint density at radius 2 is 2.00 bits per heavy atom. The molecule has 2 unspecified atom stereocenters. The number of rotatable bonds is 5. The van der Waals surface area contributed by atoms with Gasteiger partial charge in [0.2, 0.25) is 5.91 Å². The summed E-state index contributed by atoms with van der Waals surface area (Å²) in [5.41, 5.74) is 5.62. The van der Waals surface area contributed by atoms with Crippen LogP contribution in [0, 0.1) is 5.92 Å². The SMILES string of the molecule is CC1OCCC1C(=O)N(CCCN)C1CCCCC1. The van der Waals surface area contributed by atoms with E-state index in [1.54, 1.807) is 0 Å². The Kier molecular flexibility index (Phi) is 5.64. The van der Waals surface area contributed by atoms with Gasteiger partial charge in [0.05, 0.1) is 12.0 Å². The number of carbonyl (C=O) groups excluding carboxylic acids is 1. The molecule has 0 spiro atoms. The minimum Gasteiger partial charge on any atom is -0.378 e. The van der Waals surface area contributed by atoms with Crippen LogP contribution in [0.2, 0.25) is 0 Å². The number of amides is 1. The molecule has 4 nitrogen and oxygen atoms in total. The van der Waals surface area contributed by atoms with Gasteiger partial charge < -0.3 is 15.4 Å². The number of carbonyl (C=O) groups is 1. The highest BCUT2D eigenvalue weighted by Crippen LogP contribution is 2.28. The Hall–Kier alpha value is -0.610. The molecule has 2 fully saturated rings. The summed E-state index contributed by atoms with van der Waals surface area (Å²) in [6.45, 7) is 4.24. The molecule has 0 radical (unpaired) electrons. The Balaban J connectivity index is 2.00. The third kappa shape index (κ3) is 3.69. The summed E-state index contributed by atoms with van der Waals surface area (Å²) in [7, 11) is 0. The third-order valence-electron chi connectivity index (χ3n) is 4.60. The van der Waals surface area contributed by atoms with E-state index in [0.29, 0.717) is 18.5 Å². The number of nitrogens with zero attached hydrogens (tertiary/aromatic N) is 1. The molecule has 19 heavy (non-hydrogen) atoms. The van der Waals surface area contributed by atoms with E-state index in [1.165, 1.54) is 19.3 Å². The van der Waals surface area contributed by atoms with Crippen molar-refractivity contribution in [2.24, 2.45) is 11.7 Å². The molecule has 0 aromatic heterocycles. The average Bonchev–Trinajstić information content (AvgIpc) is 2.86. The Labute approximate surface area is 116 Å². The fourth-order valence-electron chi connectivity index (χ4n) is 3.40. The zero-order valence-electron chi connectivity index (χ0n) is 12.1. The maximum absolute atomic E-state index is 12.8. The molecule has 2 rings (SSSR count). The van der Waals surface area contributed by atoms with Crippen molar-refractivity contribution in [1.82, 2.24) is 4.90 Å². The number of hydrogen-bond acceptors (Lipinski definition) is 3. The Bertz CT molecular complexity index is 290. The molecule has 0 aromatic rings. The van der Waals surface area contributed by atoms with E-state index in [2.05, 4.69) is 4.90 Å². The monoisotopic (exact) mass is 268 g/mol. The van der Waals surface area contributed by atoms with Gasteiger partial charge in [-0.05, 0) is 39.2 Å². The van der Waals surface area contributed by atoms with Crippen LogP contribution in [0.25, 0.3) is 0 Å². The maximum atomic E-state index is 12.8. The molecule has 1 aliphatic carbocycles. The molecule has 0 aromatic carbocycles. The van der Waals surface area contributed by atoms with Crippen molar-refractivity contribution in [3.63, 3.8) is 0 Å². The van der Waals surface area contributed by atoms with Crippen molar-refractivity contribution < 1.29 is 9.53 Å². The molecule has 1 heterocycles. The van der Waals surface area contributed by atoms with Crippen molar-refractivity contribution >= 4 is 5.91 Å². The largest absolute Gasteiger partial charge is 0.378 e. The minimum atomic E-state index is 0.0692. The van der Waals surface area contributed by atoms with Crippen molar-refractivity contribution in [3.05, 3.63) is 0 Å². The molecular formula is C15H28N2O2. The van der Waals surface area contributed by atoms with Crippen LogP contribution in [-0.4, -0.2) is 42.6 Å². The average molecular weight is 268 g/mol. The summed E-state index contributed by atoms with van der Waals surface area (Å²) in [6.07, 6.45) is 8.03. The van der Waals surface area contributed by atoms with Crippen molar-refractivity contribution in [1.29, 1.82) is 0 Å². The zero-order chi connectivity index (χ0) is 13.7. The molecule has 2 N–H and O–H groups in total. The second-order valence-electron chi connectivity index (χ2n) is 5.94. The first-order chi connectivity index (χ1) is 9.24. The summed E-state index contributed by atoms with van der Waals surface area (Å²) >= 11 is 0. The normalized spacial score (nSPS) is 28.5. The highest BCUT2D eigenvalue weighted by atomic mass is 16.5. The second-order valence-corrected chi connectivity index (χ2v) is 5.94. The lowest BCUT2D eigenvalue weighted by molar-refractivity contribution is -0.140. The number of ether oxygens (including phenoxy) is 1. The van der Waals surface area contributed by atoms with Crippen LogP contribution in [0.15, 0.2) is 0 Å². The van der Waals surface area contributed by atoms with Gasteiger partial charge in [-0.3, -0.25) is 4.79 Å². The Morgan fingerprint density at radius 3 is 2.58 bits per heavy atom. The lowest BCUT2D eigenvalue weighted by Crippen LogP contribution is -2.46. The van der Waals surface area contributed by atoms with Crippen LogP contribution >= 0.6 is 0 Å². The van der Waals surface area contributed by atoms with E-state index in [1.807, 2.05) is 6.92 Å². The molecule has 2 atom stereocenters.